The monoisotopic (exact) mass is 288 g/mol. The molecule has 0 bridgehead atoms. The molecule has 2 aliphatic heterocycles. The first-order chi connectivity index (χ1) is 10.3. The van der Waals surface area contributed by atoms with Crippen LogP contribution in [0.5, 0.6) is 0 Å². The maximum absolute atomic E-state index is 10.5. The predicted molar refractivity (Wildman–Crippen MR) is 86.1 cm³/mol. The first-order valence-corrected chi connectivity index (χ1v) is 7.96. The fourth-order valence-corrected chi connectivity index (χ4v) is 3.36. The number of anilines is 1. The molecule has 2 heterocycles. The molecule has 21 heavy (non-hydrogen) atoms. The quantitative estimate of drug-likeness (QED) is 0.863. The van der Waals surface area contributed by atoms with Gasteiger partial charge < -0.3 is 15.1 Å². The van der Waals surface area contributed by atoms with E-state index >= 15 is 0 Å². The van der Waals surface area contributed by atoms with Crippen molar-refractivity contribution in [3.8, 4) is 0 Å². The maximum atomic E-state index is 10.5. The largest absolute Gasteiger partial charge is 0.372 e. The molecule has 0 atom stereocenters. The summed E-state index contributed by atoms with van der Waals surface area (Å²) in [6, 6.07) is 7.62. The molecule has 0 spiro atoms. The van der Waals surface area contributed by atoms with Crippen molar-refractivity contribution in [1.82, 2.24) is 10.2 Å². The molecule has 0 aromatic heterocycles. The number of benzene rings is 1. The Bertz CT molecular complexity index is 448. The number of piperazine rings is 1. The van der Waals surface area contributed by atoms with Crippen molar-refractivity contribution in [2.45, 2.75) is 12.8 Å². The molecular weight excluding hydrogens is 264 g/mol. The molecule has 2 aliphatic rings. The number of piperidine rings is 1. The van der Waals surface area contributed by atoms with Gasteiger partial charge in [-0.15, -0.1) is 4.91 Å². The molecule has 0 unspecified atom stereocenters. The van der Waals surface area contributed by atoms with Gasteiger partial charge in [-0.05, 0) is 48.2 Å². The standard InChI is InChI=1S/C16H24N4O/c21-18-15-1-3-16(4-2-15)20-9-5-14(6-10-20)13-19-11-7-17-8-12-19/h1-4,14,17H,5-13H2. The third kappa shape index (κ3) is 3.80. The summed E-state index contributed by atoms with van der Waals surface area (Å²) in [6.07, 6.45) is 2.52. The minimum atomic E-state index is 0.507. The second kappa shape index (κ2) is 7.00. The Labute approximate surface area is 126 Å². The average molecular weight is 288 g/mol. The Morgan fingerprint density at radius 1 is 1.05 bits per heavy atom. The fraction of sp³-hybridized carbons (Fsp3) is 0.625. The Balaban J connectivity index is 1.48. The van der Waals surface area contributed by atoms with E-state index in [0.717, 1.165) is 32.1 Å². The highest BCUT2D eigenvalue weighted by Crippen LogP contribution is 2.25. The van der Waals surface area contributed by atoms with E-state index in [1.165, 1.54) is 38.2 Å². The summed E-state index contributed by atoms with van der Waals surface area (Å²) in [4.78, 5) is 15.5. The Morgan fingerprint density at radius 2 is 1.71 bits per heavy atom. The first kappa shape index (κ1) is 14.5. The smallest absolute Gasteiger partial charge is 0.108 e. The lowest BCUT2D eigenvalue weighted by Crippen LogP contribution is -2.46. The molecule has 0 saturated carbocycles. The molecular formula is C16H24N4O. The molecule has 1 N–H and O–H groups in total. The fourth-order valence-electron chi connectivity index (χ4n) is 3.36. The van der Waals surface area contributed by atoms with E-state index in [9.17, 15) is 4.91 Å². The van der Waals surface area contributed by atoms with Crippen LogP contribution in [0.4, 0.5) is 11.4 Å². The molecule has 2 fully saturated rings. The van der Waals surface area contributed by atoms with Gasteiger partial charge in [-0.3, -0.25) is 0 Å². The summed E-state index contributed by atoms with van der Waals surface area (Å²) in [7, 11) is 0. The normalized spacial score (nSPS) is 21.4. The third-order valence-corrected chi connectivity index (χ3v) is 4.66. The van der Waals surface area contributed by atoms with E-state index in [1.54, 1.807) is 12.1 Å². The summed E-state index contributed by atoms with van der Waals surface area (Å²) >= 11 is 0. The van der Waals surface area contributed by atoms with Crippen LogP contribution >= 0.6 is 0 Å². The van der Waals surface area contributed by atoms with Gasteiger partial charge in [0.1, 0.15) is 5.69 Å². The minimum absolute atomic E-state index is 0.507. The number of nitroso groups, excluding NO2 is 1. The summed E-state index contributed by atoms with van der Waals surface area (Å²) in [5.41, 5.74) is 1.72. The van der Waals surface area contributed by atoms with Gasteiger partial charge in [0.2, 0.25) is 0 Å². The van der Waals surface area contributed by atoms with Crippen LogP contribution in [0.25, 0.3) is 0 Å². The van der Waals surface area contributed by atoms with Crippen molar-refractivity contribution in [2.24, 2.45) is 11.1 Å². The van der Waals surface area contributed by atoms with Crippen molar-refractivity contribution < 1.29 is 0 Å². The SMILES string of the molecule is O=Nc1ccc(N2CCC(CN3CCNCC3)CC2)cc1. The topological polar surface area (TPSA) is 47.9 Å². The van der Waals surface area contributed by atoms with Crippen LogP contribution in [0.15, 0.2) is 29.4 Å². The number of hydrogen-bond donors (Lipinski definition) is 1. The van der Waals surface area contributed by atoms with Gasteiger partial charge in [-0.25, -0.2) is 0 Å². The van der Waals surface area contributed by atoms with Gasteiger partial charge in [0.05, 0.1) is 0 Å². The van der Waals surface area contributed by atoms with Crippen molar-refractivity contribution in [3.05, 3.63) is 29.2 Å². The zero-order valence-corrected chi connectivity index (χ0v) is 12.5. The molecule has 0 amide bonds. The lowest BCUT2D eigenvalue weighted by Gasteiger charge is -2.37. The van der Waals surface area contributed by atoms with Crippen molar-refractivity contribution in [2.75, 3.05) is 50.7 Å². The van der Waals surface area contributed by atoms with Crippen LogP contribution in [0.1, 0.15) is 12.8 Å². The molecule has 5 nitrogen and oxygen atoms in total. The van der Waals surface area contributed by atoms with E-state index in [2.05, 4.69) is 20.3 Å². The molecule has 3 rings (SSSR count). The van der Waals surface area contributed by atoms with E-state index in [1.807, 2.05) is 12.1 Å². The number of nitrogens with zero attached hydrogens (tertiary/aromatic N) is 3. The van der Waals surface area contributed by atoms with Gasteiger partial charge in [-0.2, -0.15) is 0 Å². The lowest BCUT2D eigenvalue weighted by molar-refractivity contribution is 0.190. The molecule has 0 aliphatic carbocycles. The molecule has 2 saturated heterocycles. The Kier molecular flexibility index (Phi) is 4.83. The van der Waals surface area contributed by atoms with Gasteiger partial charge in [0.15, 0.2) is 0 Å². The van der Waals surface area contributed by atoms with Crippen LogP contribution in [0, 0.1) is 10.8 Å². The Morgan fingerprint density at radius 3 is 2.33 bits per heavy atom. The predicted octanol–water partition coefficient (Wildman–Crippen LogP) is 2.21. The van der Waals surface area contributed by atoms with Gasteiger partial charge >= 0.3 is 0 Å². The second-order valence-corrected chi connectivity index (χ2v) is 6.09. The zero-order chi connectivity index (χ0) is 14.5. The lowest BCUT2D eigenvalue weighted by atomic mass is 9.95. The van der Waals surface area contributed by atoms with Crippen LogP contribution in [-0.4, -0.2) is 50.7 Å². The van der Waals surface area contributed by atoms with Crippen LogP contribution in [-0.2, 0) is 0 Å². The van der Waals surface area contributed by atoms with E-state index in [0.29, 0.717) is 5.69 Å². The van der Waals surface area contributed by atoms with E-state index in [4.69, 9.17) is 0 Å². The maximum Gasteiger partial charge on any atom is 0.108 e. The van der Waals surface area contributed by atoms with Gasteiger partial charge in [0, 0.05) is 51.5 Å². The van der Waals surface area contributed by atoms with Crippen molar-refractivity contribution in [3.63, 3.8) is 0 Å². The average Bonchev–Trinajstić information content (AvgIpc) is 2.57. The van der Waals surface area contributed by atoms with E-state index in [-0.39, 0.29) is 0 Å². The van der Waals surface area contributed by atoms with Crippen molar-refractivity contribution >= 4 is 11.4 Å². The molecule has 1 aromatic rings. The van der Waals surface area contributed by atoms with Crippen LogP contribution in [0.2, 0.25) is 0 Å². The minimum Gasteiger partial charge on any atom is -0.372 e. The third-order valence-electron chi connectivity index (χ3n) is 4.66. The molecule has 5 heteroatoms. The highest BCUT2D eigenvalue weighted by molar-refractivity contribution is 5.52. The number of nitrogens with one attached hydrogen (secondary N) is 1. The second-order valence-electron chi connectivity index (χ2n) is 6.09. The molecule has 0 radical (unpaired) electrons. The van der Waals surface area contributed by atoms with Gasteiger partial charge in [-0.1, -0.05) is 0 Å². The van der Waals surface area contributed by atoms with E-state index < -0.39 is 0 Å². The van der Waals surface area contributed by atoms with Crippen molar-refractivity contribution in [1.29, 1.82) is 0 Å². The molecule has 114 valence electrons. The highest BCUT2D eigenvalue weighted by Gasteiger charge is 2.22. The van der Waals surface area contributed by atoms with Crippen LogP contribution in [0.3, 0.4) is 0 Å². The highest BCUT2D eigenvalue weighted by atomic mass is 16.3. The summed E-state index contributed by atoms with van der Waals surface area (Å²) in [5, 5.41) is 6.36. The number of rotatable bonds is 4. The zero-order valence-electron chi connectivity index (χ0n) is 12.5. The summed E-state index contributed by atoms with van der Waals surface area (Å²) in [6.45, 7) is 8.14. The van der Waals surface area contributed by atoms with Crippen LogP contribution < -0.4 is 10.2 Å². The molecule has 1 aromatic carbocycles. The summed E-state index contributed by atoms with van der Waals surface area (Å²) < 4.78 is 0. The van der Waals surface area contributed by atoms with Gasteiger partial charge in [0.25, 0.3) is 0 Å². The Hall–Kier alpha value is -1.46. The first-order valence-electron chi connectivity index (χ1n) is 7.96. The number of hydrogen-bond acceptors (Lipinski definition) is 5. The summed E-state index contributed by atoms with van der Waals surface area (Å²) in [5.74, 6) is 0.829.